The van der Waals surface area contributed by atoms with Gasteiger partial charge in [0, 0.05) is 11.1 Å². The molecule has 0 amide bonds. The summed E-state index contributed by atoms with van der Waals surface area (Å²) in [6.45, 7) is 0. The van der Waals surface area contributed by atoms with E-state index in [1.54, 1.807) is 12.1 Å². The Morgan fingerprint density at radius 3 is 1.56 bits per heavy atom. The number of Topliss-reactive ketones (excluding diaryl/α,β-unsaturated/α-hetero) is 2. The van der Waals surface area contributed by atoms with Crippen molar-refractivity contribution < 1.29 is 9.59 Å². The van der Waals surface area contributed by atoms with E-state index < -0.39 is 11.6 Å². The molecule has 0 heterocycles. The van der Waals surface area contributed by atoms with Gasteiger partial charge in [-0.05, 0) is 0 Å². The Morgan fingerprint density at radius 2 is 1.22 bits per heavy atom. The molecule has 0 spiro atoms. The summed E-state index contributed by atoms with van der Waals surface area (Å²) >= 11 is 0. The average molecular weight is 242 g/mol. The van der Waals surface area contributed by atoms with Crippen LogP contribution in [0.5, 0.6) is 0 Å². The summed E-state index contributed by atoms with van der Waals surface area (Å²) in [4.78, 5) is 29.5. The van der Waals surface area contributed by atoms with Crippen molar-refractivity contribution in [3.05, 3.63) is 46.8 Å². The van der Waals surface area contributed by atoms with Crippen LogP contribution in [-0.4, -0.2) is 11.6 Å². The first-order chi connectivity index (χ1) is 8.70. The predicted octanol–water partition coefficient (Wildman–Crippen LogP) is 1.38. The first-order valence-electron chi connectivity index (χ1n) is 4.78. The molecule has 1 aliphatic carbocycles. The van der Waals surface area contributed by atoms with E-state index in [2.05, 4.69) is 20.1 Å². The monoisotopic (exact) mass is 242 g/mol. The van der Waals surface area contributed by atoms with Gasteiger partial charge in [0.15, 0.2) is 10.2 Å². The van der Waals surface area contributed by atoms with Crippen molar-refractivity contribution in [3.63, 3.8) is 0 Å². The summed E-state index contributed by atoms with van der Waals surface area (Å²) < 4.78 is 0. The number of hydrogen-bond acceptors (Lipinski definition) is 6. The van der Waals surface area contributed by atoms with Crippen molar-refractivity contribution in [2.45, 2.75) is 0 Å². The zero-order chi connectivity index (χ0) is 13.1. The van der Waals surface area contributed by atoms with Crippen molar-refractivity contribution >= 4 is 11.6 Å². The molecule has 2 rings (SSSR count). The number of fused-ring (bicyclic) bond motifs is 1. The maximum absolute atomic E-state index is 12.0. The highest BCUT2D eigenvalue weighted by Gasteiger charge is 2.37. The maximum Gasteiger partial charge on any atom is 0.237 e. The van der Waals surface area contributed by atoms with Gasteiger partial charge < -0.3 is 0 Å². The van der Waals surface area contributed by atoms with E-state index in [0.717, 1.165) is 0 Å². The van der Waals surface area contributed by atoms with Crippen molar-refractivity contribution in [2.75, 3.05) is 0 Å². The lowest BCUT2D eigenvalue weighted by Gasteiger charge is -2.09. The number of nitrogens with one attached hydrogen (secondary N) is 2. The molecule has 0 aliphatic heterocycles. The van der Waals surface area contributed by atoms with Crippen LogP contribution in [0.15, 0.2) is 45.9 Å². The van der Waals surface area contributed by atoms with Crippen LogP contribution in [0, 0.1) is 11.1 Å². The topological polar surface area (TPSA) is 135 Å². The number of allylic oxidation sites excluding steroid dienone is 2. The van der Waals surface area contributed by atoms with E-state index >= 15 is 0 Å². The third kappa shape index (κ3) is 1.60. The normalized spacial score (nSPS) is 13.6. The summed E-state index contributed by atoms with van der Waals surface area (Å²) in [5.41, 5.74) is 12.9. The molecule has 0 aromatic heterocycles. The largest absolute Gasteiger partial charge is 0.286 e. The van der Waals surface area contributed by atoms with Gasteiger partial charge in [0.05, 0.1) is 0 Å². The highest BCUT2D eigenvalue weighted by Crippen LogP contribution is 2.26. The van der Waals surface area contributed by atoms with E-state index in [4.69, 9.17) is 11.1 Å². The Hall–Kier alpha value is -3.08. The van der Waals surface area contributed by atoms with Crippen LogP contribution < -0.4 is 9.82 Å². The summed E-state index contributed by atoms with van der Waals surface area (Å²) in [5, 5.41) is 6.56. The van der Waals surface area contributed by atoms with Gasteiger partial charge in [0.25, 0.3) is 0 Å². The summed E-state index contributed by atoms with van der Waals surface area (Å²) in [6.07, 6.45) is 0. The lowest BCUT2D eigenvalue weighted by Crippen LogP contribution is -2.20. The van der Waals surface area contributed by atoms with Gasteiger partial charge in [-0.25, -0.2) is 0 Å². The Bertz CT molecular complexity index is 633. The van der Waals surface area contributed by atoms with Crippen molar-refractivity contribution in [3.8, 4) is 0 Å². The van der Waals surface area contributed by atoms with E-state index in [1.165, 1.54) is 12.1 Å². The standard InChI is InChI=1S/C10H6N6O2/c11-15-13-7-8(14-16-12)10(18)6-4-2-1-3-5(6)9(7)17/h1-4,11-12H/q+2. The molecule has 0 atom stereocenters. The number of hydrogen-bond donors (Lipinski definition) is 2. The first kappa shape index (κ1) is 11.4. The van der Waals surface area contributed by atoms with Gasteiger partial charge in [0.1, 0.15) is 11.1 Å². The molecule has 0 radical (unpaired) electrons. The fraction of sp³-hybridized carbons (Fsp3) is 0. The number of carbonyl (C=O) groups excluding carboxylic acids is 2. The van der Waals surface area contributed by atoms with Gasteiger partial charge in [-0.1, -0.05) is 24.3 Å². The van der Waals surface area contributed by atoms with E-state index in [1.807, 2.05) is 0 Å². The van der Waals surface area contributed by atoms with Crippen molar-refractivity contribution in [1.29, 1.82) is 11.1 Å². The maximum atomic E-state index is 12.0. The lowest BCUT2D eigenvalue weighted by atomic mass is 9.91. The molecule has 1 aliphatic rings. The Balaban J connectivity index is 2.79. The predicted molar refractivity (Wildman–Crippen MR) is 56.7 cm³/mol. The van der Waals surface area contributed by atoms with E-state index in [-0.39, 0.29) is 22.5 Å². The summed E-state index contributed by atoms with van der Waals surface area (Å²) in [7, 11) is 0. The molecule has 1 aromatic rings. The molecule has 1 aromatic carbocycles. The van der Waals surface area contributed by atoms with Crippen LogP contribution in [0.2, 0.25) is 0 Å². The minimum absolute atomic E-state index is 0.175. The SMILES string of the molecule is N=[N+]=NC1=C(N=[N+]=N)C(=O)c2ccccc2C1=O. The highest BCUT2D eigenvalue weighted by molar-refractivity contribution is 6.26. The van der Waals surface area contributed by atoms with Crippen LogP contribution >= 0.6 is 0 Å². The second-order valence-corrected chi connectivity index (χ2v) is 3.30. The average Bonchev–Trinajstić information content (AvgIpc) is 2.40. The zero-order valence-electron chi connectivity index (χ0n) is 8.91. The fourth-order valence-electron chi connectivity index (χ4n) is 1.63. The molecule has 8 heteroatoms. The van der Waals surface area contributed by atoms with Crippen LogP contribution in [-0.2, 0) is 0 Å². The Morgan fingerprint density at radius 1 is 0.833 bits per heavy atom. The summed E-state index contributed by atoms with van der Waals surface area (Å²) in [5.74, 6) is -1.13. The molecule has 86 valence electrons. The molecule has 0 unspecified atom stereocenters. The van der Waals surface area contributed by atoms with Gasteiger partial charge in [-0.3, -0.25) is 9.59 Å². The number of ketones is 2. The van der Waals surface area contributed by atoms with Crippen LogP contribution in [0.3, 0.4) is 0 Å². The van der Waals surface area contributed by atoms with Crippen LogP contribution in [0.4, 0.5) is 0 Å². The van der Waals surface area contributed by atoms with Crippen molar-refractivity contribution in [1.82, 2.24) is 9.82 Å². The molecular formula is C10H6N6O2+2. The molecule has 0 saturated heterocycles. The molecule has 2 N–H and O–H groups in total. The Labute approximate surface area is 99.8 Å². The minimum Gasteiger partial charge on any atom is -0.286 e. The van der Waals surface area contributed by atoms with Crippen molar-refractivity contribution in [2.24, 2.45) is 10.2 Å². The van der Waals surface area contributed by atoms with E-state index in [9.17, 15) is 9.59 Å². The lowest BCUT2D eigenvalue weighted by molar-refractivity contribution is 0.0970. The smallest absolute Gasteiger partial charge is 0.237 e. The molecule has 0 bridgehead atoms. The second kappa shape index (κ2) is 4.42. The van der Waals surface area contributed by atoms with Gasteiger partial charge in [0.2, 0.25) is 32.8 Å². The van der Waals surface area contributed by atoms with Crippen LogP contribution in [0.25, 0.3) is 0 Å². The number of nitrogens with zero attached hydrogens (tertiary/aromatic N) is 4. The Kier molecular flexibility index (Phi) is 2.80. The second-order valence-electron chi connectivity index (χ2n) is 3.30. The first-order valence-corrected chi connectivity index (χ1v) is 4.78. The minimum atomic E-state index is -0.566. The molecule has 0 saturated carbocycles. The van der Waals surface area contributed by atoms with Gasteiger partial charge in [-0.2, -0.15) is 0 Å². The molecule has 0 fully saturated rings. The quantitative estimate of drug-likeness (QED) is 0.598. The third-order valence-electron chi connectivity index (χ3n) is 2.37. The molecule has 8 nitrogen and oxygen atoms in total. The third-order valence-corrected chi connectivity index (χ3v) is 2.37. The van der Waals surface area contributed by atoms with E-state index in [0.29, 0.717) is 0 Å². The van der Waals surface area contributed by atoms with Gasteiger partial charge >= 0.3 is 0 Å². The fourth-order valence-corrected chi connectivity index (χ4v) is 1.63. The van der Waals surface area contributed by atoms with Gasteiger partial charge in [-0.15, -0.1) is 0 Å². The molecular weight excluding hydrogens is 236 g/mol. The highest BCUT2D eigenvalue weighted by atomic mass is 16.1. The molecule has 18 heavy (non-hydrogen) atoms. The number of rotatable bonds is 2. The van der Waals surface area contributed by atoms with Crippen LogP contribution in [0.1, 0.15) is 20.7 Å². The zero-order valence-corrected chi connectivity index (χ0v) is 8.91. The number of benzene rings is 1. The summed E-state index contributed by atoms with van der Waals surface area (Å²) in [6, 6.07) is 6.17. The number of carbonyl (C=O) groups is 2.